The summed E-state index contributed by atoms with van der Waals surface area (Å²) in [6.07, 6.45) is 2.24. The average molecular weight is 401 g/mol. The molecule has 1 fully saturated rings. The zero-order valence-electron chi connectivity index (χ0n) is 17.9. The van der Waals surface area contributed by atoms with Crippen LogP contribution in [0.25, 0.3) is 11.3 Å². The van der Waals surface area contributed by atoms with Crippen LogP contribution in [0.15, 0.2) is 66.7 Å². The SMILES string of the molecule is Cc1cc(N)nc(-c2ccc(CCN3CCN(CCc4ccccc4)CC3)cc2)c1. The van der Waals surface area contributed by atoms with Crippen molar-refractivity contribution in [3.05, 3.63) is 83.4 Å². The van der Waals surface area contributed by atoms with Crippen LogP contribution in [0.4, 0.5) is 5.82 Å². The van der Waals surface area contributed by atoms with Crippen molar-refractivity contribution >= 4 is 5.82 Å². The molecular formula is C26H32N4. The molecule has 1 aliphatic rings. The lowest BCUT2D eigenvalue weighted by molar-refractivity contribution is 0.134. The normalized spacial score (nSPS) is 15.4. The summed E-state index contributed by atoms with van der Waals surface area (Å²) in [5.74, 6) is 0.581. The van der Waals surface area contributed by atoms with Gasteiger partial charge in [0.1, 0.15) is 5.82 Å². The van der Waals surface area contributed by atoms with E-state index in [1.54, 1.807) is 0 Å². The first-order valence-corrected chi connectivity index (χ1v) is 11.0. The largest absolute Gasteiger partial charge is 0.384 e. The smallest absolute Gasteiger partial charge is 0.124 e. The molecule has 1 saturated heterocycles. The van der Waals surface area contributed by atoms with E-state index >= 15 is 0 Å². The topological polar surface area (TPSA) is 45.4 Å². The third-order valence-electron chi connectivity index (χ3n) is 5.98. The Bertz CT molecular complexity index is 909. The molecule has 0 radical (unpaired) electrons. The number of anilines is 1. The molecule has 2 N–H and O–H groups in total. The van der Waals surface area contributed by atoms with Crippen molar-refractivity contribution in [2.75, 3.05) is 45.0 Å². The second-order valence-corrected chi connectivity index (χ2v) is 8.32. The number of nitrogen functional groups attached to an aromatic ring is 1. The molecule has 2 aromatic carbocycles. The molecule has 4 nitrogen and oxygen atoms in total. The molecule has 0 unspecified atom stereocenters. The Labute approximate surface area is 180 Å². The van der Waals surface area contributed by atoms with Gasteiger partial charge in [-0.2, -0.15) is 0 Å². The van der Waals surface area contributed by atoms with Gasteiger partial charge in [-0.05, 0) is 48.6 Å². The fraction of sp³-hybridized carbons (Fsp3) is 0.346. The van der Waals surface area contributed by atoms with Crippen molar-refractivity contribution in [3.8, 4) is 11.3 Å². The maximum Gasteiger partial charge on any atom is 0.124 e. The quantitative estimate of drug-likeness (QED) is 0.650. The van der Waals surface area contributed by atoms with E-state index in [-0.39, 0.29) is 0 Å². The third kappa shape index (κ3) is 5.68. The number of nitrogens with two attached hydrogens (primary N) is 1. The molecule has 0 atom stereocenters. The Morgan fingerprint density at radius 2 is 1.33 bits per heavy atom. The van der Waals surface area contributed by atoms with Gasteiger partial charge in [-0.15, -0.1) is 0 Å². The van der Waals surface area contributed by atoms with E-state index in [2.05, 4.69) is 82.4 Å². The molecule has 0 spiro atoms. The van der Waals surface area contributed by atoms with Crippen LogP contribution in [0.2, 0.25) is 0 Å². The number of hydrogen-bond acceptors (Lipinski definition) is 4. The zero-order valence-corrected chi connectivity index (χ0v) is 17.9. The summed E-state index contributed by atoms with van der Waals surface area (Å²) >= 11 is 0. The van der Waals surface area contributed by atoms with Crippen molar-refractivity contribution in [3.63, 3.8) is 0 Å². The maximum absolute atomic E-state index is 5.90. The Morgan fingerprint density at radius 3 is 1.90 bits per heavy atom. The summed E-state index contributed by atoms with van der Waals surface area (Å²) in [6, 6.07) is 23.6. The first kappa shape index (κ1) is 20.6. The number of aryl methyl sites for hydroxylation is 1. The van der Waals surface area contributed by atoms with Crippen molar-refractivity contribution < 1.29 is 0 Å². The summed E-state index contributed by atoms with van der Waals surface area (Å²) in [5.41, 5.74) is 11.9. The number of piperazine rings is 1. The van der Waals surface area contributed by atoms with Gasteiger partial charge in [0, 0.05) is 44.8 Å². The molecule has 30 heavy (non-hydrogen) atoms. The van der Waals surface area contributed by atoms with Gasteiger partial charge in [-0.3, -0.25) is 0 Å². The maximum atomic E-state index is 5.90. The first-order chi connectivity index (χ1) is 14.7. The van der Waals surface area contributed by atoms with E-state index in [1.807, 2.05) is 6.07 Å². The summed E-state index contributed by atoms with van der Waals surface area (Å²) in [6.45, 7) is 9.02. The summed E-state index contributed by atoms with van der Waals surface area (Å²) in [5, 5.41) is 0. The molecule has 0 bridgehead atoms. The van der Waals surface area contributed by atoms with Crippen LogP contribution < -0.4 is 5.73 Å². The average Bonchev–Trinajstić information content (AvgIpc) is 2.77. The Morgan fingerprint density at radius 1 is 0.767 bits per heavy atom. The van der Waals surface area contributed by atoms with Gasteiger partial charge in [0.05, 0.1) is 5.69 Å². The number of benzene rings is 2. The molecule has 1 aliphatic heterocycles. The van der Waals surface area contributed by atoms with Crippen molar-refractivity contribution in [1.29, 1.82) is 0 Å². The summed E-state index contributed by atoms with van der Waals surface area (Å²) in [4.78, 5) is 9.65. The van der Waals surface area contributed by atoms with Crippen LogP contribution >= 0.6 is 0 Å². The van der Waals surface area contributed by atoms with Crippen molar-refractivity contribution in [1.82, 2.24) is 14.8 Å². The second kappa shape index (κ2) is 9.88. The fourth-order valence-electron chi connectivity index (χ4n) is 4.14. The second-order valence-electron chi connectivity index (χ2n) is 8.32. The Hall–Kier alpha value is -2.69. The van der Waals surface area contributed by atoms with Gasteiger partial charge >= 0.3 is 0 Å². The first-order valence-electron chi connectivity index (χ1n) is 11.0. The van der Waals surface area contributed by atoms with Gasteiger partial charge in [-0.1, -0.05) is 54.6 Å². The lowest BCUT2D eigenvalue weighted by Gasteiger charge is -2.34. The molecular weight excluding hydrogens is 368 g/mol. The third-order valence-corrected chi connectivity index (χ3v) is 5.98. The van der Waals surface area contributed by atoms with Crippen molar-refractivity contribution in [2.45, 2.75) is 19.8 Å². The van der Waals surface area contributed by atoms with Crippen LogP contribution in [0.5, 0.6) is 0 Å². The van der Waals surface area contributed by atoms with Gasteiger partial charge < -0.3 is 15.5 Å². The summed E-state index contributed by atoms with van der Waals surface area (Å²) < 4.78 is 0. The molecule has 3 aromatic rings. The number of aromatic nitrogens is 1. The number of pyridine rings is 1. The number of nitrogens with zero attached hydrogens (tertiary/aromatic N) is 3. The van der Waals surface area contributed by atoms with E-state index in [0.717, 1.165) is 42.8 Å². The molecule has 0 aliphatic carbocycles. The standard InChI is InChI=1S/C26H32N4/c1-21-19-25(28-26(27)20-21)24-9-7-23(8-10-24)12-14-30-17-15-29(16-18-30)13-11-22-5-3-2-4-6-22/h2-10,19-20H,11-18H2,1H3,(H2,27,28). The highest BCUT2D eigenvalue weighted by Crippen LogP contribution is 2.21. The molecule has 0 saturated carbocycles. The molecule has 4 rings (SSSR count). The van der Waals surface area contributed by atoms with E-state index in [4.69, 9.17) is 5.73 Å². The minimum absolute atomic E-state index is 0.581. The Kier molecular flexibility index (Phi) is 6.77. The lowest BCUT2D eigenvalue weighted by Crippen LogP contribution is -2.47. The van der Waals surface area contributed by atoms with Crippen LogP contribution in [0.3, 0.4) is 0 Å². The number of rotatable bonds is 7. The van der Waals surface area contributed by atoms with Gasteiger partial charge in [0.2, 0.25) is 0 Å². The molecule has 0 amide bonds. The highest BCUT2D eigenvalue weighted by atomic mass is 15.3. The lowest BCUT2D eigenvalue weighted by atomic mass is 10.1. The van der Waals surface area contributed by atoms with Gasteiger partial charge in [0.25, 0.3) is 0 Å². The van der Waals surface area contributed by atoms with E-state index in [0.29, 0.717) is 5.82 Å². The van der Waals surface area contributed by atoms with E-state index < -0.39 is 0 Å². The highest BCUT2D eigenvalue weighted by Gasteiger charge is 2.16. The fourth-order valence-corrected chi connectivity index (χ4v) is 4.14. The van der Waals surface area contributed by atoms with Gasteiger partial charge in [0.15, 0.2) is 0 Å². The van der Waals surface area contributed by atoms with Crippen LogP contribution in [-0.2, 0) is 12.8 Å². The predicted molar refractivity (Wildman–Crippen MR) is 126 cm³/mol. The van der Waals surface area contributed by atoms with Crippen LogP contribution in [0, 0.1) is 6.92 Å². The molecule has 1 aromatic heterocycles. The highest BCUT2D eigenvalue weighted by molar-refractivity contribution is 5.62. The summed E-state index contributed by atoms with van der Waals surface area (Å²) in [7, 11) is 0. The predicted octanol–water partition coefficient (Wildman–Crippen LogP) is 4.04. The Balaban J connectivity index is 1.22. The monoisotopic (exact) mass is 400 g/mol. The minimum atomic E-state index is 0.581. The van der Waals surface area contributed by atoms with Gasteiger partial charge in [-0.25, -0.2) is 4.98 Å². The zero-order chi connectivity index (χ0) is 20.8. The van der Waals surface area contributed by atoms with E-state index in [1.165, 1.54) is 37.3 Å². The van der Waals surface area contributed by atoms with Crippen molar-refractivity contribution in [2.24, 2.45) is 0 Å². The molecule has 2 heterocycles. The number of hydrogen-bond donors (Lipinski definition) is 1. The van der Waals surface area contributed by atoms with Crippen LogP contribution in [0.1, 0.15) is 16.7 Å². The minimum Gasteiger partial charge on any atom is -0.384 e. The molecule has 156 valence electrons. The van der Waals surface area contributed by atoms with E-state index in [9.17, 15) is 0 Å². The van der Waals surface area contributed by atoms with Crippen LogP contribution in [-0.4, -0.2) is 54.1 Å². The molecule has 4 heteroatoms.